The van der Waals surface area contributed by atoms with Gasteiger partial charge in [-0.2, -0.15) is 0 Å². The Hall–Kier alpha value is -1.03. The molecule has 2 aromatic rings. The van der Waals surface area contributed by atoms with Gasteiger partial charge < -0.3 is 10.1 Å². The van der Waals surface area contributed by atoms with Crippen molar-refractivity contribution in [3.63, 3.8) is 0 Å². The third-order valence-electron chi connectivity index (χ3n) is 3.20. The largest absolute Gasteiger partial charge is 0.497 e. The van der Waals surface area contributed by atoms with E-state index in [0.29, 0.717) is 0 Å². The Morgan fingerprint density at radius 1 is 1.25 bits per heavy atom. The lowest BCUT2D eigenvalue weighted by Crippen LogP contribution is -2.18. The average Bonchev–Trinajstić information content (AvgIpc) is 2.48. The van der Waals surface area contributed by atoms with Crippen LogP contribution in [0.2, 0.25) is 5.02 Å². The second kappa shape index (κ2) is 7.11. The average molecular weight is 355 g/mol. The minimum absolute atomic E-state index is 0.222. The van der Waals surface area contributed by atoms with Crippen LogP contribution < -0.4 is 10.1 Å². The zero-order valence-electron chi connectivity index (χ0n) is 11.5. The van der Waals surface area contributed by atoms with Crippen LogP contribution in [0.15, 0.2) is 46.9 Å². The number of nitrogens with one attached hydrogen (secondary N) is 1. The predicted octanol–water partition coefficient (Wildman–Crippen LogP) is 4.96. The Labute approximate surface area is 133 Å². The van der Waals surface area contributed by atoms with Gasteiger partial charge in [0, 0.05) is 22.1 Å². The first kappa shape index (κ1) is 15.4. The molecule has 106 valence electrons. The minimum atomic E-state index is 0.222. The number of hydrogen-bond donors (Lipinski definition) is 1. The van der Waals surface area contributed by atoms with Crippen LogP contribution in [0.4, 0.5) is 0 Å². The molecule has 2 aromatic carbocycles. The van der Waals surface area contributed by atoms with E-state index in [1.165, 1.54) is 5.56 Å². The summed E-state index contributed by atoms with van der Waals surface area (Å²) in [5, 5.41) is 4.25. The van der Waals surface area contributed by atoms with Crippen LogP contribution in [-0.4, -0.2) is 7.11 Å². The van der Waals surface area contributed by atoms with Crippen LogP contribution in [0.1, 0.15) is 24.1 Å². The number of rotatable bonds is 5. The molecular formula is C16H17BrClNO. The van der Waals surface area contributed by atoms with Gasteiger partial charge in [0.25, 0.3) is 0 Å². The van der Waals surface area contributed by atoms with Crippen LogP contribution in [0.25, 0.3) is 0 Å². The van der Waals surface area contributed by atoms with Crippen molar-refractivity contribution >= 4 is 27.5 Å². The Bertz CT molecular complexity index is 588. The predicted molar refractivity (Wildman–Crippen MR) is 87.4 cm³/mol. The molecule has 0 saturated carbocycles. The molecular weight excluding hydrogens is 338 g/mol. The molecule has 0 aliphatic rings. The summed E-state index contributed by atoms with van der Waals surface area (Å²) in [5.74, 6) is 0.872. The molecule has 0 fully saturated rings. The fraction of sp³-hybridized carbons (Fsp3) is 0.250. The van der Waals surface area contributed by atoms with E-state index in [9.17, 15) is 0 Å². The number of benzene rings is 2. The van der Waals surface area contributed by atoms with Crippen molar-refractivity contribution in [1.82, 2.24) is 5.32 Å². The van der Waals surface area contributed by atoms with E-state index < -0.39 is 0 Å². The van der Waals surface area contributed by atoms with Crippen LogP contribution in [-0.2, 0) is 6.54 Å². The molecule has 1 unspecified atom stereocenters. The SMILES string of the molecule is COc1cccc(C(C)NCc2cc(Br)ccc2Cl)c1. The summed E-state index contributed by atoms with van der Waals surface area (Å²) < 4.78 is 6.28. The second-order valence-electron chi connectivity index (χ2n) is 4.61. The van der Waals surface area contributed by atoms with E-state index in [1.54, 1.807) is 7.11 Å². The van der Waals surface area contributed by atoms with Crippen LogP contribution in [0.3, 0.4) is 0 Å². The van der Waals surface area contributed by atoms with E-state index in [2.05, 4.69) is 34.2 Å². The zero-order valence-corrected chi connectivity index (χ0v) is 13.8. The molecule has 0 saturated heterocycles. The van der Waals surface area contributed by atoms with Crippen molar-refractivity contribution in [2.24, 2.45) is 0 Å². The first-order valence-electron chi connectivity index (χ1n) is 6.41. The molecule has 0 aromatic heterocycles. The second-order valence-corrected chi connectivity index (χ2v) is 5.94. The summed E-state index contributed by atoms with van der Waals surface area (Å²) in [6.45, 7) is 2.84. The lowest BCUT2D eigenvalue weighted by atomic mass is 10.1. The van der Waals surface area contributed by atoms with E-state index in [1.807, 2.05) is 36.4 Å². The van der Waals surface area contributed by atoms with Gasteiger partial charge in [-0.1, -0.05) is 39.7 Å². The molecule has 1 N–H and O–H groups in total. The highest BCUT2D eigenvalue weighted by Gasteiger charge is 2.07. The smallest absolute Gasteiger partial charge is 0.119 e. The standard InChI is InChI=1S/C16H17BrClNO/c1-11(12-4-3-5-15(9-12)20-2)19-10-13-8-14(17)6-7-16(13)18/h3-9,11,19H,10H2,1-2H3. The Kier molecular flexibility index (Phi) is 5.46. The van der Waals surface area contributed by atoms with Crippen molar-refractivity contribution in [2.45, 2.75) is 19.5 Å². The molecule has 0 radical (unpaired) electrons. The molecule has 0 bridgehead atoms. The molecule has 4 heteroatoms. The molecule has 20 heavy (non-hydrogen) atoms. The summed E-state index contributed by atoms with van der Waals surface area (Å²) in [6.07, 6.45) is 0. The van der Waals surface area contributed by atoms with Gasteiger partial charge in [-0.15, -0.1) is 0 Å². The number of hydrogen-bond acceptors (Lipinski definition) is 2. The normalized spacial score (nSPS) is 12.2. The highest BCUT2D eigenvalue weighted by Crippen LogP contribution is 2.23. The molecule has 2 rings (SSSR count). The maximum Gasteiger partial charge on any atom is 0.119 e. The quantitative estimate of drug-likeness (QED) is 0.819. The molecule has 0 heterocycles. The molecule has 0 aliphatic carbocycles. The first-order valence-corrected chi connectivity index (χ1v) is 7.58. The first-order chi connectivity index (χ1) is 9.60. The Balaban J connectivity index is 2.04. The monoisotopic (exact) mass is 353 g/mol. The summed E-state index contributed by atoms with van der Waals surface area (Å²) in [5.41, 5.74) is 2.27. The summed E-state index contributed by atoms with van der Waals surface area (Å²) in [7, 11) is 1.68. The molecule has 1 atom stereocenters. The lowest BCUT2D eigenvalue weighted by Gasteiger charge is -2.16. The van der Waals surface area contributed by atoms with Gasteiger partial charge in [0.2, 0.25) is 0 Å². The summed E-state index contributed by atoms with van der Waals surface area (Å²) >= 11 is 9.66. The summed E-state index contributed by atoms with van der Waals surface area (Å²) in [4.78, 5) is 0. The fourth-order valence-corrected chi connectivity index (χ4v) is 2.56. The minimum Gasteiger partial charge on any atom is -0.497 e. The van der Waals surface area contributed by atoms with Crippen molar-refractivity contribution in [1.29, 1.82) is 0 Å². The van der Waals surface area contributed by atoms with Gasteiger partial charge in [0.1, 0.15) is 5.75 Å². The van der Waals surface area contributed by atoms with Gasteiger partial charge in [-0.3, -0.25) is 0 Å². The lowest BCUT2D eigenvalue weighted by molar-refractivity contribution is 0.413. The van der Waals surface area contributed by atoms with Gasteiger partial charge in [0.05, 0.1) is 7.11 Å². The van der Waals surface area contributed by atoms with E-state index in [4.69, 9.17) is 16.3 Å². The van der Waals surface area contributed by atoms with Crippen LogP contribution >= 0.6 is 27.5 Å². The van der Waals surface area contributed by atoms with Crippen LogP contribution in [0.5, 0.6) is 5.75 Å². The zero-order chi connectivity index (χ0) is 14.5. The molecule has 0 spiro atoms. The number of halogens is 2. The highest BCUT2D eigenvalue weighted by molar-refractivity contribution is 9.10. The van der Waals surface area contributed by atoms with Crippen molar-refractivity contribution in [3.05, 3.63) is 63.1 Å². The van der Waals surface area contributed by atoms with Gasteiger partial charge >= 0.3 is 0 Å². The van der Waals surface area contributed by atoms with E-state index in [0.717, 1.165) is 27.4 Å². The third kappa shape index (κ3) is 3.98. The van der Waals surface area contributed by atoms with Gasteiger partial charge in [-0.25, -0.2) is 0 Å². The molecule has 0 aliphatic heterocycles. The molecule has 2 nitrogen and oxygen atoms in total. The highest BCUT2D eigenvalue weighted by atomic mass is 79.9. The van der Waals surface area contributed by atoms with Crippen molar-refractivity contribution in [2.75, 3.05) is 7.11 Å². The molecule has 0 amide bonds. The third-order valence-corrected chi connectivity index (χ3v) is 4.06. The fourth-order valence-electron chi connectivity index (χ4n) is 1.97. The van der Waals surface area contributed by atoms with Crippen LogP contribution in [0, 0.1) is 0 Å². The maximum absolute atomic E-state index is 6.19. The topological polar surface area (TPSA) is 21.3 Å². The van der Waals surface area contributed by atoms with E-state index in [-0.39, 0.29) is 6.04 Å². The van der Waals surface area contributed by atoms with E-state index >= 15 is 0 Å². The van der Waals surface area contributed by atoms with Crippen molar-refractivity contribution in [3.8, 4) is 5.75 Å². The summed E-state index contributed by atoms with van der Waals surface area (Å²) in [6, 6.07) is 14.2. The Morgan fingerprint density at radius 3 is 2.80 bits per heavy atom. The number of methoxy groups -OCH3 is 1. The Morgan fingerprint density at radius 2 is 2.05 bits per heavy atom. The van der Waals surface area contributed by atoms with Gasteiger partial charge in [-0.05, 0) is 48.4 Å². The number of ether oxygens (including phenoxy) is 1. The van der Waals surface area contributed by atoms with Crippen molar-refractivity contribution < 1.29 is 4.74 Å². The maximum atomic E-state index is 6.19. The van der Waals surface area contributed by atoms with Gasteiger partial charge in [0.15, 0.2) is 0 Å².